The van der Waals surface area contributed by atoms with Gasteiger partial charge in [0.1, 0.15) is 32.7 Å². The van der Waals surface area contributed by atoms with Crippen molar-refractivity contribution in [2.75, 3.05) is 46.6 Å². The van der Waals surface area contributed by atoms with Gasteiger partial charge in [0, 0.05) is 12.6 Å². The van der Waals surface area contributed by atoms with E-state index in [1.54, 1.807) is 4.90 Å². The van der Waals surface area contributed by atoms with Crippen molar-refractivity contribution >= 4 is 5.91 Å². The number of fused-ring (bicyclic) bond motifs is 2. The Hall–Kier alpha value is -2.57. The number of hydrogen-bond acceptors (Lipinski definition) is 3. The van der Waals surface area contributed by atoms with E-state index >= 15 is 0 Å². The lowest BCUT2D eigenvalue weighted by Crippen LogP contribution is -3.28. The molecule has 5 rings (SSSR count). The summed E-state index contributed by atoms with van der Waals surface area (Å²) >= 11 is 0. The first-order chi connectivity index (χ1) is 15.2. The number of likely N-dealkylation sites (N-methyl/N-ethyl adjacent to an activating group) is 1. The second-order valence-corrected chi connectivity index (χ2v) is 9.15. The van der Waals surface area contributed by atoms with Gasteiger partial charge in [0.25, 0.3) is 5.91 Å². The molecule has 1 atom stereocenters. The van der Waals surface area contributed by atoms with Crippen LogP contribution in [0.3, 0.4) is 0 Å². The molecule has 2 aromatic carbocycles. The number of nitrogens with zero attached hydrogens (tertiary/aromatic N) is 1. The van der Waals surface area contributed by atoms with E-state index in [1.165, 1.54) is 21.6 Å². The quantitative estimate of drug-likeness (QED) is 0.724. The van der Waals surface area contributed by atoms with Crippen LogP contribution in [0.2, 0.25) is 0 Å². The van der Waals surface area contributed by atoms with Crippen LogP contribution >= 0.6 is 0 Å². The Morgan fingerprint density at radius 2 is 1.81 bits per heavy atom. The number of quaternary nitrogens is 2. The monoisotopic (exact) mass is 423 g/mol. The van der Waals surface area contributed by atoms with Crippen molar-refractivity contribution in [1.29, 1.82) is 0 Å². The molecule has 1 fully saturated rings. The summed E-state index contributed by atoms with van der Waals surface area (Å²) in [5.74, 6) is 1.98. The van der Waals surface area contributed by atoms with E-state index in [-0.39, 0.29) is 11.9 Å². The molecule has 0 bridgehead atoms. The predicted molar refractivity (Wildman–Crippen MR) is 117 cm³/mol. The van der Waals surface area contributed by atoms with E-state index in [0.29, 0.717) is 13.3 Å². The summed E-state index contributed by atoms with van der Waals surface area (Å²) in [5, 5.41) is 0. The van der Waals surface area contributed by atoms with Gasteiger partial charge in [0.05, 0.1) is 6.04 Å². The van der Waals surface area contributed by atoms with E-state index in [2.05, 4.69) is 36.4 Å². The first kappa shape index (κ1) is 20.3. The van der Waals surface area contributed by atoms with Gasteiger partial charge in [-0.05, 0) is 48.6 Å². The third-order valence-corrected chi connectivity index (χ3v) is 7.16. The smallest absolute Gasteiger partial charge is 0.278 e. The standard InChI is InChI=1S/C25H31N3O3/c1-26(22-8-4-6-20-5-2-3-7-21(20)22)25(29)17-28-13-11-27(12-14-28)16-19-9-10-23-24(15-19)31-18-30-23/h2-3,5,7,9-10,15,22H,4,6,8,11-14,16-18H2,1H3/p+2/t22-/m0/s1. The molecule has 2 aromatic rings. The zero-order chi connectivity index (χ0) is 21.2. The maximum Gasteiger partial charge on any atom is 0.278 e. The average Bonchev–Trinajstić information content (AvgIpc) is 3.27. The van der Waals surface area contributed by atoms with Crippen LogP contribution < -0.4 is 19.3 Å². The summed E-state index contributed by atoms with van der Waals surface area (Å²) in [7, 11) is 2.00. The first-order valence-corrected chi connectivity index (χ1v) is 11.6. The molecule has 2 N–H and O–H groups in total. The molecule has 1 saturated heterocycles. The highest BCUT2D eigenvalue weighted by Gasteiger charge is 2.30. The third kappa shape index (κ3) is 4.41. The largest absolute Gasteiger partial charge is 0.454 e. The molecule has 0 saturated carbocycles. The predicted octanol–water partition coefficient (Wildman–Crippen LogP) is 0.235. The molecule has 0 spiro atoms. The minimum Gasteiger partial charge on any atom is -0.454 e. The molecule has 1 aliphatic carbocycles. The van der Waals surface area contributed by atoms with Crippen LogP contribution in [0.4, 0.5) is 0 Å². The molecule has 0 unspecified atom stereocenters. The number of ether oxygens (including phenoxy) is 2. The summed E-state index contributed by atoms with van der Waals surface area (Å²) in [6.45, 7) is 6.19. The van der Waals surface area contributed by atoms with Gasteiger partial charge >= 0.3 is 0 Å². The maximum atomic E-state index is 13.1. The van der Waals surface area contributed by atoms with Gasteiger partial charge in [-0.3, -0.25) is 4.79 Å². The Bertz CT molecular complexity index is 939. The minimum absolute atomic E-state index is 0.231. The molecule has 2 heterocycles. The Labute approximate surface area is 184 Å². The zero-order valence-corrected chi connectivity index (χ0v) is 18.4. The summed E-state index contributed by atoms with van der Waals surface area (Å²) < 4.78 is 10.9. The summed E-state index contributed by atoms with van der Waals surface area (Å²) in [6, 6.07) is 15.1. The number of rotatable bonds is 5. The molecular weight excluding hydrogens is 390 g/mol. The maximum absolute atomic E-state index is 13.1. The number of piperazine rings is 1. The topological polar surface area (TPSA) is 47.7 Å². The highest BCUT2D eigenvalue weighted by molar-refractivity contribution is 5.77. The Balaban J connectivity index is 1.13. The van der Waals surface area contributed by atoms with Crippen LogP contribution in [-0.4, -0.2) is 57.4 Å². The Morgan fingerprint density at radius 1 is 1.03 bits per heavy atom. The van der Waals surface area contributed by atoms with Gasteiger partial charge in [0.2, 0.25) is 6.79 Å². The van der Waals surface area contributed by atoms with Crippen molar-refractivity contribution in [3.63, 3.8) is 0 Å². The van der Waals surface area contributed by atoms with Crippen LogP contribution in [0.15, 0.2) is 42.5 Å². The average molecular weight is 424 g/mol. The highest BCUT2D eigenvalue weighted by Crippen LogP contribution is 2.33. The lowest BCUT2D eigenvalue weighted by atomic mass is 9.87. The van der Waals surface area contributed by atoms with E-state index in [9.17, 15) is 4.79 Å². The number of carbonyl (C=O) groups excluding carboxylic acids is 1. The van der Waals surface area contributed by atoms with Crippen LogP contribution in [0, 0.1) is 0 Å². The van der Waals surface area contributed by atoms with Crippen LogP contribution in [0.1, 0.15) is 35.6 Å². The number of benzene rings is 2. The molecule has 31 heavy (non-hydrogen) atoms. The van der Waals surface area contributed by atoms with Crippen molar-refractivity contribution in [2.24, 2.45) is 0 Å². The number of carbonyl (C=O) groups is 1. The van der Waals surface area contributed by atoms with Crippen molar-refractivity contribution < 1.29 is 24.1 Å². The number of amides is 1. The van der Waals surface area contributed by atoms with Gasteiger partial charge in [0.15, 0.2) is 18.0 Å². The summed E-state index contributed by atoms with van der Waals surface area (Å²) in [5.41, 5.74) is 4.04. The fourth-order valence-corrected chi connectivity index (χ4v) is 5.29. The molecule has 1 amide bonds. The number of hydrogen-bond donors (Lipinski definition) is 2. The van der Waals surface area contributed by atoms with Crippen LogP contribution in [-0.2, 0) is 17.8 Å². The van der Waals surface area contributed by atoms with E-state index in [4.69, 9.17) is 9.47 Å². The van der Waals surface area contributed by atoms with Crippen molar-refractivity contribution in [1.82, 2.24) is 4.90 Å². The molecule has 6 nitrogen and oxygen atoms in total. The molecule has 3 aliphatic rings. The van der Waals surface area contributed by atoms with Crippen LogP contribution in [0.5, 0.6) is 11.5 Å². The van der Waals surface area contributed by atoms with Crippen LogP contribution in [0.25, 0.3) is 0 Å². The molecule has 6 heteroatoms. The SMILES string of the molecule is CN(C(=O)C[NH+]1CC[NH+](Cc2ccc3c(c2)OCO3)CC1)[C@H]1CCCc2ccccc21. The Morgan fingerprint density at radius 3 is 2.68 bits per heavy atom. The number of aryl methyl sites for hydroxylation is 1. The molecule has 164 valence electrons. The zero-order valence-electron chi connectivity index (χ0n) is 18.4. The second kappa shape index (κ2) is 8.89. The van der Waals surface area contributed by atoms with Crippen molar-refractivity contribution in [2.45, 2.75) is 31.8 Å². The van der Waals surface area contributed by atoms with Gasteiger partial charge in [-0.2, -0.15) is 0 Å². The van der Waals surface area contributed by atoms with E-state index in [0.717, 1.165) is 63.5 Å². The van der Waals surface area contributed by atoms with E-state index in [1.807, 2.05) is 18.0 Å². The summed E-state index contributed by atoms with van der Waals surface area (Å²) in [6.07, 6.45) is 3.37. The third-order valence-electron chi connectivity index (χ3n) is 7.16. The van der Waals surface area contributed by atoms with Gasteiger partial charge < -0.3 is 24.2 Å². The Kier molecular flexibility index (Phi) is 5.83. The van der Waals surface area contributed by atoms with Gasteiger partial charge in [-0.1, -0.05) is 24.3 Å². The van der Waals surface area contributed by atoms with Gasteiger partial charge in [-0.25, -0.2) is 0 Å². The summed E-state index contributed by atoms with van der Waals surface area (Å²) in [4.78, 5) is 18.1. The lowest BCUT2D eigenvalue weighted by Gasteiger charge is -2.35. The lowest BCUT2D eigenvalue weighted by molar-refractivity contribution is -1.02. The van der Waals surface area contributed by atoms with E-state index < -0.39 is 0 Å². The minimum atomic E-state index is 0.231. The fourth-order valence-electron chi connectivity index (χ4n) is 5.29. The molecule has 2 aliphatic heterocycles. The van der Waals surface area contributed by atoms with Crippen molar-refractivity contribution in [3.05, 3.63) is 59.2 Å². The normalized spacial score (nSPS) is 24.5. The highest BCUT2D eigenvalue weighted by atomic mass is 16.7. The van der Waals surface area contributed by atoms with Gasteiger partial charge in [-0.15, -0.1) is 0 Å². The molecule has 0 radical (unpaired) electrons. The second-order valence-electron chi connectivity index (χ2n) is 9.15. The molecule has 0 aromatic heterocycles. The van der Waals surface area contributed by atoms with Crippen molar-refractivity contribution in [3.8, 4) is 11.5 Å². The molecular formula is C25H33N3O3+2. The first-order valence-electron chi connectivity index (χ1n) is 11.6. The number of nitrogens with one attached hydrogen (secondary N) is 2. The fraction of sp³-hybridized carbons (Fsp3) is 0.480.